The average Bonchev–Trinajstić information content (AvgIpc) is 3.57. The van der Waals surface area contributed by atoms with Crippen molar-refractivity contribution in [3.63, 3.8) is 0 Å². The number of hydrogen-bond acceptors (Lipinski definition) is 6. The standard InChI is InChI=1S/C28H21N5O3S/c1-32(28-30-13-14-37-28)27(36)24(20-5-3-2-4-6-20)33-17-21-11-9-18(15-22(21)26(33)35)7-8-19-10-12-23(25(29)34)31-16-19/h2-6,9-16,24H,17H2,1H3,(H2,29,34). The molecule has 1 unspecified atom stereocenters. The number of amides is 3. The molecular formula is C28H21N5O3S. The van der Waals surface area contributed by atoms with Crippen molar-refractivity contribution < 1.29 is 14.4 Å². The quantitative estimate of drug-likeness (QED) is 0.417. The Labute approximate surface area is 217 Å². The minimum atomic E-state index is -0.806. The molecule has 8 nitrogen and oxygen atoms in total. The lowest BCUT2D eigenvalue weighted by Crippen LogP contribution is -2.41. The van der Waals surface area contributed by atoms with Gasteiger partial charge in [0.2, 0.25) is 0 Å². The SMILES string of the molecule is CN(C(=O)C(c1ccccc1)N1Cc2ccc(C#Cc3ccc(C(N)=O)nc3)cc2C1=O)c1nccs1. The number of primary amides is 1. The molecule has 1 aliphatic rings. The minimum absolute atomic E-state index is 0.164. The van der Waals surface area contributed by atoms with Crippen LogP contribution in [0.1, 0.15) is 49.1 Å². The van der Waals surface area contributed by atoms with Gasteiger partial charge in [-0.3, -0.25) is 19.3 Å². The molecule has 2 N–H and O–H groups in total. The summed E-state index contributed by atoms with van der Waals surface area (Å²) < 4.78 is 0. The average molecular weight is 508 g/mol. The van der Waals surface area contributed by atoms with Crippen molar-refractivity contribution in [3.8, 4) is 11.8 Å². The molecule has 1 atom stereocenters. The van der Waals surface area contributed by atoms with E-state index in [-0.39, 0.29) is 17.5 Å². The molecule has 37 heavy (non-hydrogen) atoms. The first kappa shape index (κ1) is 23.9. The number of anilines is 1. The first-order valence-electron chi connectivity index (χ1n) is 11.4. The van der Waals surface area contributed by atoms with Crippen LogP contribution in [-0.2, 0) is 11.3 Å². The van der Waals surface area contributed by atoms with Gasteiger partial charge in [-0.25, -0.2) is 9.97 Å². The van der Waals surface area contributed by atoms with Crippen molar-refractivity contribution in [2.45, 2.75) is 12.6 Å². The maximum Gasteiger partial charge on any atom is 0.267 e. The molecule has 0 radical (unpaired) electrons. The normalized spacial score (nSPS) is 12.9. The molecule has 5 rings (SSSR count). The van der Waals surface area contributed by atoms with Gasteiger partial charge < -0.3 is 10.6 Å². The van der Waals surface area contributed by atoms with Crippen molar-refractivity contribution in [2.75, 3.05) is 11.9 Å². The Morgan fingerprint density at radius 2 is 1.81 bits per heavy atom. The van der Waals surface area contributed by atoms with Crippen molar-refractivity contribution in [2.24, 2.45) is 5.73 Å². The van der Waals surface area contributed by atoms with E-state index in [1.807, 2.05) is 42.5 Å². The zero-order valence-electron chi connectivity index (χ0n) is 19.8. The van der Waals surface area contributed by atoms with E-state index in [0.717, 1.165) is 11.1 Å². The van der Waals surface area contributed by atoms with Crippen molar-refractivity contribution in [1.82, 2.24) is 14.9 Å². The monoisotopic (exact) mass is 507 g/mol. The van der Waals surface area contributed by atoms with Crippen LogP contribution >= 0.6 is 11.3 Å². The lowest BCUT2D eigenvalue weighted by molar-refractivity contribution is -0.123. The van der Waals surface area contributed by atoms with Crippen LogP contribution in [0.2, 0.25) is 0 Å². The molecule has 0 aliphatic carbocycles. The number of fused-ring (bicyclic) bond motifs is 1. The summed E-state index contributed by atoms with van der Waals surface area (Å²) in [6.07, 6.45) is 3.12. The summed E-state index contributed by atoms with van der Waals surface area (Å²) >= 11 is 1.36. The van der Waals surface area contributed by atoms with Gasteiger partial charge in [0, 0.05) is 48.1 Å². The van der Waals surface area contributed by atoms with Gasteiger partial charge in [-0.1, -0.05) is 48.2 Å². The van der Waals surface area contributed by atoms with E-state index in [4.69, 9.17) is 5.73 Å². The first-order valence-corrected chi connectivity index (χ1v) is 12.2. The van der Waals surface area contributed by atoms with E-state index in [0.29, 0.717) is 28.4 Å². The zero-order valence-corrected chi connectivity index (χ0v) is 20.6. The van der Waals surface area contributed by atoms with Crippen molar-refractivity contribution in [1.29, 1.82) is 0 Å². The van der Waals surface area contributed by atoms with Gasteiger partial charge in [0.25, 0.3) is 17.7 Å². The molecule has 9 heteroatoms. The molecule has 0 spiro atoms. The molecule has 3 amide bonds. The van der Waals surface area contributed by atoms with Gasteiger partial charge in [0.15, 0.2) is 5.13 Å². The van der Waals surface area contributed by atoms with E-state index in [1.54, 1.807) is 35.7 Å². The summed E-state index contributed by atoms with van der Waals surface area (Å²) in [5.74, 6) is 4.94. The molecule has 0 saturated carbocycles. The van der Waals surface area contributed by atoms with Gasteiger partial charge in [-0.2, -0.15) is 0 Å². The molecular weight excluding hydrogens is 486 g/mol. The minimum Gasteiger partial charge on any atom is -0.364 e. The Morgan fingerprint density at radius 1 is 1.05 bits per heavy atom. The summed E-state index contributed by atoms with van der Waals surface area (Å²) in [7, 11) is 1.67. The fourth-order valence-corrected chi connectivity index (χ4v) is 4.73. The number of nitrogens with zero attached hydrogens (tertiary/aromatic N) is 4. The second kappa shape index (κ2) is 10.0. The number of likely N-dealkylation sites (N-methyl/N-ethyl adjacent to an activating group) is 1. The van der Waals surface area contributed by atoms with E-state index < -0.39 is 11.9 Å². The Balaban J connectivity index is 1.43. The molecule has 1 aliphatic heterocycles. The highest BCUT2D eigenvalue weighted by Gasteiger charge is 2.39. The van der Waals surface area contributed by atoms with Gasteiger partial charge >= 0.3 is 0 Å². The Bertz CT molecular complexity index is 1540. The number of aromatic nitrogens is 2. The molecule has 2 aromatic carbocycles. The second-order valence-corrected chi connectivity index (χ2v) is 9.25. The van der Waals surface area contributed by atoms with Crippen LogP contribution < -0.4 is 10.6 Å². The van der Waals surface area contributed by atoms with E-state index >= 15 is 0 Å². The third-order valence-electron chi connectivity index (χ3n) is 6.01. The van der Waals surface area contributed by atoms with Crippen LogP contribution in [0.5, 0.6) is 0 Å². The zero-order chi connectivity index (χ0) is 25.9. The number of benzene rings is 2. The summed E-state index contributed by atoms with van der Waals surface area (Å²) in [5.41, 5.74) is 8.71. The second-order valence-electron chi connectivity index (χ2n) is 8.38. The fraction of sp³-hybridized carbons (Fsp3) is 0.107. The van der Waals surface area contributed by atoms with E-state index in [2.05, 4.69) is 21.8 Å². The maximum absolute atomic E-state index is 13.7. The number of rotatable bonds is 5. The Kier molecular flexibility index (Phi) is 6.49. The lowest BCUT2D eigenvalue weighted by Gasteiger charge is -2.30. The summed E-state index contributed by atoms with van der Waals surface area (Å²) in [4.78, 5) is 49.8. The highest BCUT2D eigenvalue weighted by atomic mass is 32.1. The summed E-state index contributed by atoms with van der Waals surface area (Å²) in [5, 5.41) is 2.36. The third kappa shape index (κ3) is 4.83. The predicted octanol–water partition coefficient (Wildman–Crippen LogP) is 3.40. The Hall–Kier alpha value is -4.81. The number of pyridine rings is 1. The van der Waals surface area contributed by atoms with E-state index in [9.17, 15) is 14.4 Å². The van der Waals surface area contributed by atoms with Crippen LogP contribution in [-0.4, -0.2) is 39.6 Å². The molecule has 182 valence electrons. The van der Waals surface area contributed by atoms with Gasteiger partial charge in [-0.05, 0) is 35.4 Å². The molecule has 0 saturated heterocycles. The highest BCUT2D eigenvalue weighted by molar-refractivity contribution is 7.13. The molecule has 0 fully saturated rings. The lowest BCUT2D eigenvalue weighted by atomic mass is 10.0. The van der Waals surface area contributed by atoms with Crippen molar-refractivity contribution >= 4 is 34.2 Å². The molecule has 2 aromatic heterocycles. The van der Waals surface area contributed by atoms with Gasteiger partial charge in [-0.15, -0.1) is 11.3 Å². The summed E-state index contributed by atoms with van der Waals surface area (Å²) in [6.45, 7) is 0.303. The molecule has 0 bridgehead atoms. The highest BCUT2D eigenvalue weighted by Crippen LogP contribution is 2.34. The smallest absolute Gasteiger partial charge is 0.267 e. The molecule has 4 aromatic rings. The number of thiazole rings is 1. The van der Waals surface area contributed by atoms with Gasteiger partial charge in [0.05, 0.1) is 0 Å². The van der Waals surface area contributed by atoms with Crippen LogP contribution in [0, 0.1) is 11.8 Å². The Morgan fingerprint density at radius 3 is 2.49 bits per heavy atom. The first-order chi connectivity index (χ1) is 17.9. The van der Waals surface area contributed by atoms with E-state index in [1.165, 1.54) is 28.5 Å². The topological polar surface area (TPSA) is 109 Å². The maximum atomic E-state index is 13.7. The third-order valence-corrected chi connectivity index (χ3v) is 6.85. The van der Waals surface area contributed by atoms with Crippen LogP contribution in [0.15, 0.2) is 78.4 Å². The van der Waals surface area contributed by atoms with Crippen LogP contribution in [0.3, 0.4) is 0 Å². The number of carbonyl (C=O) groups excluding carboxylic acids is 3. The van der Waals surface area contributed by atoms with Gasteiger partial charge in [0.1, 0.15) is 11.7 Å². The number of hydrogen-bond donors (Lipinski definition) is 1. The number of carbonyl (C=O) groups is 3. The molecule has 3 heterocycles. The number of nitrogens with two attached hydrogens (primary N) is 1. The van der Waals surface area contributed by atoms with Crippen molar-refractivity contribution in [3.05, 3.63) is 112 Å². The summed E-state index contributed by atoms with van der Waals surface area (Å²) in [6, 6.07) is 17.1. The predicted molar refractivity (Wildman–Crippen MR) is 140 cm³/mol. The largest absolute Gasteiger partial charge is 0.364 e. The fourth-order valence-electron chi connectivity index (χ4n) is 4.12. The van der Waals surface area contributed by atoms with Crippen LogP contribution in [0.25, 0.3) is 0 Å². The van der Waals surface area contributed by atoms with Crippen LogP contribution in [0.4, 0.5) is 5.13 Å².